The number of amides is 1. The van der Waals surface area contributed by atoms with Gasteiger partial charge in [0.25, 0.3) is 0 Å². The van der Waals surface area contributed by atoms with Crippen LogP contribution in [0.3, 0.4) is 0 Å². The van der Waals surface area contributed by atoms with Crippen LogP contribution in [0.15, 0.2) is 61.1 Å². The van der Waals surface area contributed by atoms with Crippen LogP contribution in [-0.2, 0) is 24.4 Å². The number of alkyl halides is 3. The van der Waals surface area contributed by atoms with Crippen molar-refractivity contribution in [2.75, 3.05) is 36.9 Å². The van der Waals surface area contributed by atoms with Gasteiger partial charge in [0.05, 0.1) is 40.4 Å². The van der Waals surface area contributed by atoms with Crippen molar-refractivity contribution in [2.45, 2.75) is 50.9 Å². The maximum Gasteiger partial charge on any atom is 0.417 e. The number of pyridine rings is 1. The van der Waals surface area contributed by atoms with E-state index < -0.39 is 52.4 Å². The Labute approximate surface area is 296 Å². The Morgan fingerprint density at radius 3 is 2.54 bits per heavy atom. The third-order valence-electron chi connectivity index (χ3n) is 10.6. The number of aliphatic hydroxyl groups excluding tert-OH is 1. The summed E-state index contributed by atoms with van der Waals surface area (Å²) in [7, 11) is 3.33. The van der Waals surface area contributed by atoms with Gasteiger partial charge >= 0.3 is 6.18 Å². The maximum absolute atomic E-state index is 15.4. The summed E-state index contributed by atoms with van der Waals surface area (Å²) < 4.78 is 78.0. The van der Waals surface area contributed by atoms with Crippen LogP contribution >= 0.6 is 0 Å². The van der Waals surface area contributed by atoms with Crippen LogP contribution < -0.4 is 10.2 Å². The van der Waals surface area contributed by atoms with Crippen molar-refractivity contribution < 1.29 is 36.6 Å². The molecule has 272 valence electrons. The molecule has 0 radical (unpaired) electrons. The van der Waals surface area contributed by atoms with Crippen molar-refractivity contribution >= 4 is 39.6 Å². The van der Waals surface area contributed by atoms with Crippen molar-refractivity contribution in [3.8, 4) is 11.1 Å². The normalized spacial score (nSPS) is 18.6. The Morgan fingerprint density at radius 1 is 1.12 bits per heavy atom. The largest absolute Gasteiger partial charge is 0.417 e. The van der Waals surface area contributed by atoms with E-state index in [1.165, 1.54) is 27.6 Å². The van der Waals surface area contributed by atoms with Crippen LogP contribution in [0.25, 0.3) is 27.7 Å². The van der Waals surface area contributed by atoms with E-state index in [1.807, 2.05) is 11.8 Å². The van der Waals surface area contributed by atoms with Crippen LogP contribution in [0.5, 0.6) is 0 Å². The van der Waals surface area contributed by atoms with E-state index in [2.05, 4.69) is 10.3 Å². The summed E-state index contributed by atoms with van der Waals surface area (Å²) in [5.41, 5.74) is -0.198. The van der Waals surface area contributed by atoms with Gasteiger partial charge in [0.2, 0.25) is 11.7 Å². The Morgan fingerprint density at radius 2 is 1.85 bits per heavy atom. The predicted octanol–water partition coefficient (Wildman–Crippen LogP) is 6.74. The number of nitrogens with one attached hydrogen (secondary N) is 1. The summed E-state index contributed by atoms with van der Waals surface area (Å²) in [5, 5.41) is 12.4. The Balaban J connectivity index is 1.22. The van der Waals surface area contributed by atoms with E-state index in [4.69, 9.17) is 0 Å². The fourth-order valence-electron chi connectivity index (χ4n) is 7.66. The van der Waals surface area contributed by atoms with Crippen molar-refractivity contribution in [3.05, 3.63) is 95.1 Å². The van der Waals surface area contributed by atoms with Crippen LogP contribution in [-0.4, -0.2) is 74.0 Å². The molecule has 2 atom stereocenters. The SMILES string of the molecule is CC(O)[C@]1(C)CCCN1C/C=C/C(=O)Nc1c(F)cc(C(=O)c2cc3c4c(cccn24)-c2c(C(F)(F)F)cc4c(ncn4C)c2N(C)CC3)cc1F. The first kappa shape index (κ1) is 35.3. The van der Waals surface area contributed by atoms with Gasteiger partial charge in [0.1, 0.15) is 22.8 Å². The van der Waals surface area contributed by atoms with E-state index in [0.717, 1.165) is 43.7 Å². The molecule has 1 unspecified atom stereocenters. The van der Waals surface area contributed by atoms with Crippen LogP contribution in [0.2, 0.25) is 0 Å². The highest BCUT2D eigenvalue weighted by Gasteiger charge is 2.40. The van der Waals surface area contributed by atoms with Crippen molar-refractivity contribution in [1.82, 2.24) is 18.9 Å². The van der Waals surface area contributed by atoms with Crippen molar-refractivity contribution in [3.63, 3.8) is 0 Å². The lowest BCUT2D eigenvalue weighted by atomic mass is 9.92. The summed E-state index contributed by atoms with van der Waals surface area (Å²) in [4.78, 5) is 34.8. The number of halogens is 5. The van der Waals surface area contributed by atoms with E-state index in [-0.39, 0.29) is 22.4 Å². The fourth-order valence-corrected chi connectivity index (χ4v) is 7.66. The highest BCUT2D eigenvalue weighted by molar-refractivity contribution is 6.11. The second-order valence-corrected chi connectivity index (χ2v) is 13.9. The van der Waals surface area contributed by atoms with Gasteiger partial charge in [0.15, 0.2) is 0 Å². The molecular weight excluding hydrogens is 683 g/mol. The molecule has 52 heavy (non-hydrogen) atoms. The monoisotopic (exact) mass is 720 g/mol. The molecule has 1 saturated heterocycles. The van der Waals surface area contributed by atoms with Gasteiger partial charge in [-0.05, 0) is 75.5 Å². The molecule has 2 N–H and O–H groups in total. The molecule has 7 rings (SSSR count). The molecule has 14 heteroatoms. The number of imidazole rings is 1. The smallest absolute Gasteiger partial charge is 0.391 e. The first-order valence-corrected chi connectivity index (χ1v) is 16.9. The summed E-state index contributed by atoms with van der Waals surface area (Å²) in [6, 6.07) is 7.37. The number of benzene rings is 2. The second-order valence-electron chi connectivity index (χ2n) is 13.9. The molecule has 9 nitrogen and oxygen atoms in total. The average molecular weight is 721 g/mol. The van der Waals surface area contributed by atoms with Gasteiger partial charge in [-0.3, -0.25) is 14.5 Å². The number of fused-ring (bicyclic) bond motifs is 4. The average Bonchev–Trinajstić information content (AvgIpc) is 3.78. The Hall–Kier alpha value is -5.08. The second kappa shape index (κ2) is 12.8. The molecule has 5 aromatic rings. The fraction of sp³-hybridized carbons (Fsp3) is 0.342. The number of hydrogen-bond acceptors (Lipinski definition) is 6. The summed E-state index contributed by atoms with van der Waals surface area (Å²) in [6.45, 7) is 5.05. The number of aromatic nitrogens is 3. The van der Waals surface area contributed by atoms with Gasteiger partial charge in [-0.2, -0.15) is 13.2 Å². The number of ketones is 1. The van der Waals surface area contributed by atoms with Crippen LogP contribution in [0, 0.1) is 11.6 Å². The molecule has 0 spiro atoms. The zero-order chi connectivity index (χ0) is 37.3. The van der Waals surface area contributed by atoms with Gasteiger partial charge in [-0.15, -0.1) is 0 Å². The Bertz CT molecular complexity index is 2270. The lowest BCUT2D eigenvalue weighted by molar-refractivity contribution is -0.137. The molecular formula is C38H37F5N6O3. The maximum atomic E-state index is 15.4. The number of likely N-dealkylation sites (N-methyl/N-ethyl adjacent to an activating group) is 1. The number of hydrogen-bond donors (Lipinski definition) is 2. The third kappa shape index (κ3) is 5.83. The number of nitrogens with zero attached hydrogens (tertiary/aromatic N) is 5. The Kier molecular flexibility index (Phi) is 8.73. The molecule has 2 aliphatic heterocycles. The molecule has 0 aliphatic carbocycles. The van der Waals surface area contributed by atoms with Crippen LogP contribution in [0.1, 0.15) is 53.9 Å². The topological polar surface area (TPSA) is 95.1 Å². The lowest BCUT2D eigenvalue weighted by Gasteiger charge is -2.37. The van der Waals surface area contributed by atoms with E-state index in [9.17, 15) is 27.9 Å². The van der Waals surface area contributed by atoms with Gasteiger partial charge in [0, 0.05) is 61.7 Å². The molecule has 0 bridgehead atoms. The minimum absolute atomic E-state index is 0.00931. The minimum Gasteiger partial charge on any atom is -0.391 e. The highest BCUT2D eigenvalue weighted by Crippen LogP contribution is 2.48. The minimum atomic E-state index is -4.73. The number of aryl methyl sites for hydroxylation is 1. The van der Waals surface area contributed by atoms with Gasteiger partial charge in [-0.1, -0.05) is 12.1 Å². The van der Waals surface area contributed by atoms with Gasteiger partial charge in [-0.25, -0.2) is 13.8 Å². The van der Waals surface area contributed by atoms with Crippen molar-refractivity contribution in [1.29, 1.82) is 0 Å². The molecule has 3 aromatic heterocycles. The first-order valence-electron chi connectivity index (χ1n) is 16.9. The highest BCUT2D eigenvalue weighted by atomic mass is 19.4. The molecule has 1 fully saturated rings. The number of likely N-dealkylation sites (tertiary alicyclic amines) is 1. The number of aliphatic hydroxyl groups is 1. The third-order valence-corrected chi connectivity index (χ3v) is 10.6. The molecule has 0 saturated carbocycles. The van der Waals surface area contributed by atoms with E-state index >= 15 is 8.78 Å². The zero-order valence-corrected chi connectivity index (χ0v) is 29.0. The number of anilines is 2. The molecule has 2 aromatic carbocycles. The van der Waals surface area contributed by atoms with Gasteiger partial charge < -0.3 is 24.3 Å². The molecule has 1 amide bonds. The predicted molar refractivity (Wildman–Crippen MR) is 188 cm³/mol. The number of rotatable bonds is 7. The summed E-state index contributed by atoms with van der Waals surface area (Å²) in [6.07, 6.45) is 2.46. The number of carbonyl (C=O) groups is 2. The molecule has 5 heterocycles. The lowest BCUT2D eigenvalue weighted by Crippen LogP contribution is -2.49. The summed E-state index contributed by atoms with van der Waals surface area (Å²) in [5.74, 6) is -3.88. The number of carbonyl (C=O) groups excluding carboxylic acids is 2. The summed E-state index contributed by atoms with van der Waals surface area (Å²) >= 11 is 0. The quantitative estimate of drug-likeness (QED) is 0.110. The first-order chi connectivity index (χ1) is 24.6. The van der Waals surface area contributed by atoms with Crippen molar-refractivity contribution in [2.24, 2.45) is 7.05 Å². The molecule has 2 aliphatic rings. The zero-order valence-electron chi connectivity index (χ0n) is 29.0. The van der Waals surface area contributed by atoms with E-state index in [0.29, 0.717) is 47.3 Å². The standard InChI is InChI=1S/C38H37F5N6O3/c1-21(50)37(2)11-7-13-48(37)12-6-9-30(51)45-32-26(39)16-23(17-27(32)40)36(52)29-18-22-10-15-46(3)35-31(24-8-5-14-49(29)34(22)24)25(38(41,42)43)19-28-33(35)44-20-47(28)4/h5-6,8-9,14,16-21,50H,7,10-13,15H2,1-4H3,(H,45,51)/b9-6+/t21?,37-/m0/s1. The van der Waals surface area contributed by atoms with Crippen LogP contribution in [0.4, 0.5) is 33.3 Å². The van der Waals surface area contributed by atoms with E-state index in [1.54, 1.807) is 44.1 Å².